The van der Waals surface area contributed by atoms with Crippen LogP contribution in [0.4, 0.5) is 13.2 Å². The molecule has 0 amide bonds. The number of hydrogen-bond acceptors (Lipinski definition) is 3. The zero-order chi connectivity index (χ0) is 13.1. The molecule has 18 heavy (non-hydrogen) atoms. The van der Waals surface area contributed by atoms with E-state index in [2.05, 4.69) is 10.2 Å². The molecule has 1 aromatic heterocycles. The Bertz CT molecular complexity index is 559. The average molecular weight is 293 g/mol. The van der Waals surface area contributed by atoms with E-state index in [4.69, 9.17) is 11.6 Å². The molecule has 0 spiro atoms. The highest BCUT2D eigenvalue weighted by molar-refractivity contribution is 7.14. The van der Waals surface area contributed by atoms with Gasteiger partial charge in [0, 0.05) is 12.3 Å². The van der Waals surface area contributed by atoms with E-state index in [0.717, 1.165) is 29.9 Å². The Morgan fingerprint density at radius 3 is 2.61 bits per heavy atom. The van der Waals surface area contributed by atoms with Crippen molar-refractivity contribution >= 4 is 22.9 Å². The van der Waals surface area contributed by atoms with Gasteiger partial charge in [-0.15, -0.1) is 21.8 Å². The lowest BCUT2D eigenvalue weighted by molar-refractivity contribution is 0.449. The predicted molar refractivity (Wildman–Crippen MR) is 64.3 cm³/mol. The van der Waals surface area contributed by atoms with E-state index in [1.165, 1.54) is 0 Å². The summed E-state index contributed by atoms with van der Waals surface area (Å²) in [6, 6.07) is 2.02. The molecule has 0 fully saturated rings. The molecule has 2 nitrogen and oxygen atoms in total. The largest absolute Gasteiger partial charge is 0.204 e. The molecule has 0 saturated heterocycles. The van der Waals surface area contributed by atoms with E-state index in [0.29, 0.717) is 17.3 Å². The van der Waals surface area contributed by atoms with E-state index in [1.807, 2.05) is 0 Å². The van der Waals surface area contributed by atoms with Crippen LogP contribution in [0.3, 0.4) is 0 Å². The summed E-state index contributed by atoms with van der Waals surface area (Å²) < 4.78 is 39.4. The Morgan fingerprint density at radius 2 is 1.89 bits per heavy atom. The van der Waals surface area contributed by atoms with Crippen LogP contribution in [0.2, 0.25) is 0 Å². The first kappa shape index (κ1) is 13.3. The molecule has 96 valence electrons. The van der Waals surface area contributed by atoms with Crippen LogP contribution in [0.5, 0.6) is 0 Å². The highest BCUT2D eigenvalue weighted by Crippen LogP contribution is 2.28. The number of alkyl halides is 1. The quantitative estimate of drug-likeness (QED) is 0.633. The third kappa shape index (κ3) is 2.64. The zero-order valence-electron chi connectivity index (χ0n) is 9.09. The van der Waals surface area contributed by atoms with Gasteiger partial charge < -0.3 is 0 Å². The standard InChI is InChI=1S/C11H8ClF3N2S/c12-5-1-2-8-16-17-11(18-8)6-3-4-7(13)10(15)9(6)14/h3-4H,1-2,5H2. The van der Waals surface area contributed by atoms with Crippen LogP contribution in [0.15, 0.2) is 12.1 Å². The summed E-state index contributed by atoms with van der Waals surface area (Å²) in [5.74, 6) is -3.46. The number of rotatable bonds is 4. The van der Waals surface area contributed by atoms with Crippen molar-refractivity contribution in [1.82, 2.24) is 10.2 Å². The van der Waals surface area contributed by atoms with Gasteiger partial charge in [0.05, 0.1) is 5.56 Å². The molecule has 0 unspecified atom stereocenters. The fraction of sp³-hybridized carbons (Fsp3) is 0.273. The maximum absolute atomic E-state index is 13.5. The molecule has 0 atom stereocenters. The average Bonchev–Trinajstić information content (AvgIpc) is 2.82. The molecule has 0 aliphatic heterocycles. The van der Waals surface area contributed by atoms with Crippen LogP contribution in [0, 0.1) is 17.5 Å². The van der Waals surface area contributed by atoms with Gasteiger partial charge >= 0.3 is 0 Å². The fourth-order valence-electron chi connectivity index (χ4n) is 1.37. The molecular formula is C11H8ClF3N2S. The summed E-state index contributed by atoms with van der Waals surface area (Å²) in [6.45, 7) is 0. The van der Waals surface area contributed by atoms with E-state index in [1.54, 1.807) is 0 Å². The number of benzene rings is 1. The Kier molecular flexibility index (Phi) is 4.19. The minimum Gasteiger partial charge on any atom is -0.204 e. The van der Waals surface area contributed by atoms with Gasteiger partial charge in [-0.25, -0.2) is 13.2 Å². The normalized spacial score (nSPS) is 10.9. The first-order valence-corrected chi connectivity index (χ1v) is 6.50. The number of halogens is 4. The van der Waals surface area contributed by atoms with Crippen molar-refractivity contribution in [3.8, 4) is 10.6 Å². The molecular weight excluding hydrogens is 285 g/mol. The van der Waals surface area contributed by atoms with Crippen LogP contribution in [0.25, 0.3) is 10.6 Å². The minimum atomic E-state index is -1.50. The number of aromatic nitrogens is 2. The van der Waals surface area contributed by atoms with Crippen molar-refractivity contribution < 1.29 is 13.2 Å². The monoisotopic (exact) mass is 292 g/mol. The Labute approximate surface area is 110 Å². The maximum Gasteiger partial charge on any atom is 0.195 e. The van der Waals surface area contributed by atoms with E-state index < -0.39 is 17.5 Å². The van der Waals surface area contributed by atoms with E-state index in [9.17, 15) is 13.2 Å². The molecule has 0 radical (unpaired) electrons. The van der Waals surface area contributed by atoms with Crippen molar-refractivity contribution in [2.24, 2.45) is 0 Å². The second kappa shape index (κ2) is 5.67. The predicted octanol–water partition coefficient (Wildman–Crippen LogP) is 3.79. The molecule has 2 rings (SSSR count). The van der Waals surface area contributed by atoms with Gasteiger partial charge in [0.1, 0.15) is 5.01 Å². The zero-order valence-corrected chi connectivity index (χ0v) is 10.7. The van der Waals surface area contributed by atoms with Gasteiger partial charge in [0.25, 0.3) is 0 Å². The van der Waals surface area contributed by atoms with Gasteiger partial charge in [-0.05, 0) is 18.6 Å². The van der Waals surface area contributed by atoms with Crippen molar-refractivity contribution in [2.75, 3.05) is 5.88 Å². The number of aryl methyl sites for hydroxylation is 1. The second-order valence-electron chi connectivity index (χ2n) is 3.52. The lowest BCUT2D eigenvalue weighted by atomic mass is 10.2. The Morgan fingerprint density at radius 1 is 1.11 bits per heavy atom. The fourth-order valence-corrected chi connectivity index (χ4v) is 2.41. The highest BCUT2D eigenvalue weighted by atomic mass is 35.5. The molecule has 2 aromatic rings. The summed E-state index contributed by atoms with van der Waals surface area (Å²) in [5, 5.41) is 8.54. The summed E-state index contributed by atoms with van der Waals surface area (Å²) in [4.78, 5) is 0. The molecule has 0 N–H and O–H groups in total. The second-order valence-corrected chi connectivity index (χ2v) is 4.96. The molecule has 0 bridgehead atoms. The first-order chi connectivity index (χ1) is 8.63. The minimum absolute atomic E-state index is 0.0801. The Balaban J connectivity index is 2.31. The first-order valence-electron chi connectivity index (χ1n) is 5.15. The third-order valence-electron chi connectivity index (χ3n) is 2.26. The van der Waals surface area contributed by atoms with Crippen LogP contribution < -0.4 is 0 Å². The van der Waals surface area contributed by atoms with Crippen LogP contribution in [-0.2, 0) is 6.42 Å². The number of hydrogen-bond donors (Lipinski definition) is 0. The van der Waals surface area contributed by atoms with Gasteiger partial charge in [-0.3, -0.25) is 0 Å². The maximum atomic E-state index is 13.5. The van der Waals surface area contributed by atoms with Gasteiger partial charge in [-0.1, -0.05) is 11.3 Å². The van der Waals surface area contributed by atoms with Crippen molar-refractivity contribution in [3.63, 3.8) is 0 Å². The van der Waals surface area contributed by atoms with Crippen LogP contribution in [-0.4, -0.2) is 16.1 Å². The third-order valence-corrected chi connectivity index (χ3v) is 3.54. The summed E-state index contributed by atoms with van der Waals surface area (Å²) in [7, 11) is 0. The number of nitrogens with zero attached hydrogens (tertiary/aromatic N) is 2. The summed E-state index contributed by atoms with van der Waals surface area (Å²) in [6.07, 6.45) is 1.36. The van der Waals surface area contributed by atoms with Crippen molar-refractivity contribution in [2.45, 2.75) is 12.8 Å². The smallest absolute Gasteiger partial charge is 0.195 e. The van der Waals surface area contributed by atoms with Gasteiger partial charge in [-0.2, -0.15) is 0 Å². The van der Waals surface area contributed by atoms with Gasteiger partial charge in [0.15, 0.2) is 22.5 Å². The topological polar surface area (TPSA) is 25.8 Å². The van der Waals surface area contributed by atoms with E-state index >= 15 is 0 Å². The van der Waals surface area contributed by atoms with Crippen molar-refractivity contribution in [3.05, 3.63) is 34.6 Å². The van der Waals surface area contributed by atoms with Crippen LogP contribution >= 0.6 is 22.9 Å². The molecule has 0 aliphatic carbocycles. The Hall–Kier alpha value is -1.14. The lowest BCUT2D eigenvalue weighted by Crippen LogP contribution is -1.93. The SMILES string of the molecule is Fc1ccc(-c2nnc(CCCCl)s2)c(F)c1F. The van der Waals surface area contributed by atoms with Crippen LogP contribution in [0.1, 0.15) is 11.4 Å². The molecule has 1 aromatic carbocycles. The molecule has 0 saturated carbocycles. The molecule has 7 heteroatoms. The molecule has 1 heterocycles. The summed E-state index contributed by atoms with van der Waals surface area (Å²) >= 11 is 6.69. The molecule has 0 aliphatic rings. The lowest BCUT2D eigenvalue weighted by Gasteiger charge is -1.99. The van der Waals surface area contributed by atoms with E-state index in [-0.39, 0.29) is 10.6 Å². The van der Waals surface area contributed by atoms with Gasteiger partial charge in [0.2, 0.25) is 0 Å². The van der Waals surface area contributed by atoms with Crippen molar-refractivity contribution in [1.29, 1.82) is 0 Å². The summed E-state index contributed by atoms with van der Waals surface area (Å²) in [5.41, 5.74) is -0.0801. The highest BCUT2D eigenvalue weighted by Gasteiger charge is 2.17.